The van der Waals surface area contributed by atoms with E-state index in [9.17, 15) is 9.59 Å². The molecule has 0 spiro atoms. The summed E-state index contributed by atoms with van der Waals surface area (Å²) in [4.78, 5) is 32.5. The standard InChI is InChI=1S/C27H27N3O4/c1-17(2)18-8-11-20(12-9-18)29-25-24(19-10-13-22(33-3)23(15-19)34-4)26(31)30(27(25)32)16-21-7-5-6-14-28-21/h5-15,17,29H,16H2,1-4H3. The molecule has 2 heterocycles. The third-order valence-corrected chi connectivity index (χ3v) is 5.73. The molecule has 0 atom stereocenters. The molecule has 0 saturated heterocycles. The third-order valence-electron chi connectivity index (χ3n) is 5.73. The summed E-state index contributed by atoms with van der Waals surface area (Å²) in [5.41, 5.74) is 3.57. The van der Waals surface area contributed by atoms with Crippen LogP contribution in [-0.2, 0) is 16.1 Å². The molecule has 1 aliphatic rings. The Morgan fingerprint density at radius 3 is 2.26 bits per heavy atom. The van der Waals surface area contributed by atoms with Crippen molar-refractivity contribution in [3.8, 4) is 11.5 Å². The van der Waals surface area contributed by atoms with E-state index in [0.29, 0.717) is 28.7 Å². The molecule has 0 bridgehead atoms. The van der Waals surface area contributed by atoms with Gasteiger partial charge in [0.1, 0.15) is 5.70 Å². The zero-order chi connectivity index (χ0) is 24.2. The van der Waals surface area contributed by atoms with E-state index in [4.69, 9.17) is 9.47 Å². The van der Waals surface area contributed by atoms with Crippen LogP contribution in [0.25, 0.3) is 5.57 Å². The van der Waals surface area contributed by atoms with E-state index >= 15 is 0 Å². The van der Waals surface area contributed by atoms with Crippen LogP contribution in [-0.4, -0.2) is 35.9 Å². The summed E-state index contributed by atoms with van der Waals surface area (Å²) in [6.07, 6.45) is 1.64. The zero-order valence-corrected chi connectivity index (χ0v) is 19.7. The molecule has 1 aliphatic heterocycles. The summed E-state index contributed by atoms with van der Waals surface area (Å²) in [6.45, 7) is 4.32. The van der Waals surface area contributed by atoms with Crippen molar-refractivity contribution >= 4 is 23.1 Å². The number of hydrogen-bond acceptors (Lipinski definition) is 6. The van der Waals surface area contributed by atoms with Gasteiger partial charge in [-0.2, -0.15) is 0 Å². The van der Waals surface area contributed by atoms with Gasteiger partial charge in [-0.05, 0) is 53.4 Å². The second-order valence-corrected chi connectivity index (χ2v) is 8.24. The van der Waals surface area contributed by atoms with Crippen LogP contribution < -0.4 is 14.8 Å². The molecule has 0 radical (unpaired) electrons. The summed E-state index contributed by atoms with van der Waals surface area (Å²) < 4.78 is 10.7. The number of ether oxygens (including phenoxy) is 2. The van der Waals surface area contributed by atoms with E-state index in [1.165, 1.54) is 17.6 Å². The van der Waals surface area contributed by atoms with E-state index in [-0.39, 0.29) is 17.8 Å². The molecule has 7 heteroatoms. The molecule has 3 aromatic rings. The summed E-state index contributed by atoms with van der Waals surface area (Å²) in [5, 5.41) is 3.19. The first-order valence-corrected chi connectivity index (χ1v) is 11.0. The van der Waals surface area contributed by atoms with Gasteiger partial charge in [0.25, 0.3) is 11.8 Å². The molecule has 0 fully saturated rings. The fraction of sp³-hybridized carbons (Fsp3) is 0.222. The van der Waals surface area contributed by atoms with Gasteiger partial charge in [-0.1, -0.05) is 38.1 Å². The number of rotatable bonds is 8. The maximum atomic E-state index is 13.5. The SMILES string of the molecule is COc1ccc(C2=C(Nc3ccc(C(C)C)cc3)C(=O)N(Cc3ccccn3)C2=O)cc1OC. The minimum atomic E-state index is -0.409. The molecular formula is C27H27N3O4. The predicted octanol–water partition coefficient (Wildman–Crippen LogP) is 4.61. The number of nitrogens with zero attached hydrogens (tertiary/aromatic N) is 2. The van der Waals surface area contributed by atoms with Gasteiger partial charge in [-0.3, -0.25) is 19.5 Å². The maximum Gasteiger partial charge on any atom is 0.278 e. The first kappa shape index (κ1) is 23.0. The van der Waals surface area contributed by atoms with Gasteiger partial charge in [0.15, 0.2) is 11.5 Å². The number of carbonyl (C=O) groups excluding carboxylic acids is 2. The Kier molecular flexibility index (Phi) is 6.63. The lowest BCUT2D eigenvalue weighted by Gasteiger charge is -2.15. The van der Waals surface area contributed by atoms with Gasteiger partial charge < -0.3 is 14.8 Å². The maximum absolute atomic E-state index is 13.5. The number of benzene rings is 2. The van der Waals surface area contributed by atoms with Crippen molar-refractivity contribution in [3.05, 3.63) is 89.4 Å². The number of hydrogen-bond donors (Lipinski definition) is 1. The molecule has 4 rings (SSSR count). The summed E-state index contributed by atoms with van der Waals surface area (Å²) in [6, 6.07) is 18.4. The molecule has 0 unspecified atom stereocenters. The molecule has 1 N–H and O–H groups in total. The number of amides is 2. The molecule has 0 aliphatic carbocycles. The highest BCUT2D eigenvalue weighted by atomic mass is 16.5. The van der Waals surface area contributed by atoms with Crippen LogP contribution >= 0.6 is 0 Å². The lowest BCUT2D eigenvalue weighted by atomic mass is 10.0. The van der Waals surface area contributed by atoms with Gasteiger partial charge in [0.05, 0.1) is 32.0 Å². The first-order valence-electron chi connectivity index (χ1n) is 11.0. The molecule has 1 aromatic heterocycles. The van der Waals surface area contributed by atoms with Crippen molar-refractivity contribution in [2.75, 3.05) is 19.5 Å². The van der Waals surface area contributed by atoms with Gasteiger partial charge in [-0.15, -0.1) is 0 Å². The predicted molar refractivity (Wildman–Crippen MR) is 130 cm³/mol. The molecule has 0 saturated carbocycles. The van der Waals surface area contributed by atoms with Crippen LogP contribution in [0.15, 0.2) is 72.6 Å². The van der Waals surface area contributed by atoms with Crippen LogP contribution in [0.3, 0.4) is 0 Å². The first-order chi connectivity index (χ1) is 16.4. The fourth-order valence-electron chi connectivity index (χ4n) is 3.84. The minimum absolute atomic E-state index is 0.0762. The fourth-order valence-corrected chi connectivity index (χ4v) is 3.84. The number of anilines is 1. The molecule has 174 valence electrons. The van der Waals surface area contributed by atoms with E-state index in [1.807, 2.05) is 30.3 Å². The van der Waals surface area contributed by atoms with Crippen LogP contribution in [0.4, 0.5) is 5.69 Å². The Balaban J connectivity index is 1.76. The molecular weight excluding hydrogens is 430 g/mol. The Morgan fingerprint density at radius 2 is 1.65 bits per heavy atom. The molecule has 7 nitrogen and oxygen atoms in total. The lowest BCUT2D eigenvalue weighted by Crippen LogP contribution is -2.32. The highest BCUT2D eigenvalue weighted by molar-refractivity contribution is 6.36. The third kappa shape index (κ3) is 4.50. The van der Waals surface area contributed by atoms with E-state index in [2.05, 4.69) is 24.1 Å². The van der Waals surface area contributed by atoms with Crippen molar-refractivity contribution in [2.45, 2.75) is 26.3 Å². The largest absolute Gasteiger partial charge is 0.493 e. The van der Waals surface area contributed by atoms with Crippen LogP contribution in [0.5, 0.6) is 11.5 Å². The Labute approximate surface area is 199 Å². The average molecular weight is 458 g/mol. The zero-order valence-electron chi connectivity index (χ0n) is 19.7. The normalized spacial score (nSPS) is 13.6. The number of methoxy groups -OCH3 is 2. The van der Waals surface area contributed by atoms with Gasteiger partial charge in [0, 0.05) is 11.9 Å². The van der Waals surface area contributed by atoms with E-state index in [1.54, 1.807) is 43.6 Å². The molecule has 2 amide bonds. The number of nitrogens with one attached hydrogen (secondary N) is 1. The molecule has 34 heavy (non-hydrogen) atoms. The monoisotopic (exact) mass is 457 g/mol. The minimum Gasteiger partial charge on any atom is -0.493 e. The van der Waals surface area contributed by atoms with Crippen LogP contribution in [0.1, 0.15) is 36.6 Å². The average Bonchev–Trinajstić information content (AvgIpc) is 3.08. The Morgan fingerprint density at radius 1 is 0.912 bits per heavy atom. The highest BCUT2D eigenvalue weighted by Crippen LogP contribution is 2.36. The van der Waals surface area contributed by atoms with Gasteiger partial charge in [-0.25, -0.2) is 0 Å². The highest BCUT2D eigenvalue weighted by Gasteiger charge is 2.39. The Hall–Kier alpha value is -4.13. The van der Waals surface area contributed by atoms with Gasteiger partial charge in [0.2, 0.25) is 0 Å². The summed E-state index contributed by atoms with van der Waals surface area (Å²) >= 11 is 0. The Bertz CT molecular complexity index is 1230. The number of pyridine rings is 1. The van der Waals surface area contributed by atoms with Crippen molar-refractivity contribution < 1.29 is 19.1 Å². The molecule has 2 aromatic carbocycles. The van der Waals surface area contributed by atoms with Crippen molar-refractivity contribution in [1.29, 1.82) is 0 Å². The number of imide groups is 1. The second kappa shape index (κ2) is 9.79. The summed E-state index contributed by atoms with van der Waals surface area (Å²) in [5.74, 6) is 0.584. The van der Waals surface area contributed by atoms with Crippen molar-refractivity contribution in [2.24, 2.45) is 0 Å². The smallest absolute Gasteiger partial charge is 0.278 e. The topological polar surface area (TPSA) is 80.8 Å². The quantitative estimate of drug-likeness (QED) is 0.498. The van der Waals surface area contributed by atoms with Crippen LogP contribution in [0, 0.1) is 0 Å². The number of carbonyl (C=O) groups is 2. The second-order valence-electron chi connectivity index (χ2n) is 8.24. The van der Waals surface area contributed by atoms with E-state index < -0.39 is 11.8 Å². The number of aromatic nitrogens is 1. The lowest BCUT2D eigenvalue weighted by molar-refractivity contribution is -0.137. The summed E-state index contributed by atoms with van der Waals surface area (Å²) in [7, 11) is 3.07. The van der Waals surface area contributed by atoms with Crippen molar-refractivity contribution in [3.63, 3.8) is 0 Å². The van der Waals surface area contributed by atoms with E-state index in [0.717, 1.165) is 5.69 Å². The van der Waals surface area contributed by atoms with Gasteiger partial charge >= 0.3 is 0 Å². The van der Waals surface area contributed by atoms with Crippen molar-refractivity contribution in [1.82, 2.24) is 9.88 Å². The van der Waals surface area contributed by atoms with Crippen LogP contribution in [0.2, 0.25) is 0 Å².